The van der Waals surface area contributed by atoms with E-state index in [-0.39, 0.29) is 0 Å². The number of rotatable bonds is 9. The minimum Gasteiger partial charge on any atom is -0.342 e. The maximum atomic E-state index is 11.3. The predicted molar refractivity (Wildman–Crippen MR) is 106 cm³/mol. The van der Waals surface area contributed by atoms with Crippen LogP contribution in [0, 0.1) is 6.92 Å². The van der Waals surface area contributed by atoms with Crippen molar-refractivity contribution in [3.8, 4) is 11.3 Å². The van der Waals surface area contributed by atoms with Crippen LogP contribution in [-0.4, -0.2) is 20.7 Å². The first-order valence-corrected chi connectivity index (χ1v) is 9.59. The van der Waals surface area contributed by atoms with Crippen LogP contribution >= 0.6 is 0 Å². The summed E-state index contributed by atoms with van der Waals surface area (Å²) in [6.45, 7) is 3.94. The molecule has 2 aromatic heterocycles. The number of pyridine rings is 1. The quantitative estimate of drug-likeness (QED) is 0.526. The maximum absolute atomic E-state index is 11.3. The number of fused-ring (bicyclic) bond motifs is 1. The van der Waals surface area contributed by atoms with E-state index in [1.165, 1.54) is 0 Å². The number of aromatic nitrogens is 3. The van der Waals surface area contributed by atoms with E-state index in [0.29, 0.717) is 12.2 Å². The zero-order valence-corrected chi connectivity index (χ0v) is 15.7. The molecule has 0 bridgehead atoms. The van der Waals surface area contributed by atoms with E-state index >= 15 is 0 Å². The summed E-state index contributed by atoms with van der Waals surface area (Å²) in [4.78, 5) is 23.8. The molecule has 0 unspecified atom stereocenters. The van der Waals surface area contributed by atoms with Crippen LogP contribution in [0.1, 0.15) is 57.0 Å². The third-order valence-electron chi connectivity index (χ3n) is 4.78. The molecule has 0 aliphatic rings. The summed E-state index contributed by atoms with van der Waals surface area (Å²) in [5.41, 5.74) is 4.25. The molecular weight excluding hydrogens is 322 g/mol. The summed E-state index contributed by atoms with van der Waals surface area (Å²) in [6.07, 6.45) is 8.66. The SMILES string of the molecule is CCC(=O)CCCCCCc1ncc(-c2ccc3nc(C)ccc3c2)[nH]1. The topological polar surface area (TPSA) is 58.6 Å². The van der Waals surface area contributed by atoms with Crippen LogP contribution in [0.3, 0.4) is 0 Å². The van der Waals surface area contributed by atoms with Crippen molar-refractivity contribution >= 4 is 16.7 Å². The minimum absolute atomic E-state index is 0.376. The lowest BCUT2D eigenvalue weighted by Crippen LogP contribution is -1.94. The van der Waals surface area contributed by atoms with E-state index in [1.54, 1.807) is 0 Å². The van der Waals surface area contributed by atoms with Crippen LogP contribution in [-0.2, 0) is 11.2 Å². The number of benzene rings is 1. The number of aryl methyl sites for hydroxylation is 2. The molecule has 4 heteroatoms. The van der Waals surface area contributed by atoms with Crippen molar-refractivity contribution in [1.82, 2.24) is 15.0 Å². The van der Waals surface area contributed by atoms with Gasteiger partial charge in [0.1, 0.15) is 11.6 Å². The third-order valence-corrected chi connectivity index (χ3v) is 4.78. The van der Waals surface area contributed by atoms with Gasteiger partial charge in [0.15, 0.2) is 0 Å². The normalized spacial score (nSPS) is 11.2. The van der Waals surface area contributed by atoms with Gasteiger partial charge in [-0.05, 0) is 38.0 Å². The Morgan fingerprint density at radius 2 is 1.92 bits per heavy atom. The van der Waals surface area contributed by atoms with Crippen LogP contribution in [0.25, 0.3) is 22.2 Å². The first kappa shape index (κ1) is 18.3. The fraction of sp³-hybridized carbons (Fsp3) is 0.409. The first-order valence-electron chi connectivity index (χ1n) is 9.59. The molecule has 4 nitrogen and oxygen atoms in total. The van der Waals surface area contributed by atoms with Gasteiger partial charge in [-0.1, -0.05) is 31.9 Å². The molecule has 0 atom stereocenters. The number of H-pyrrole nitrogens is 1. The van der Waals surface area contributed by atoms with E-state index in [1.807, 2.05) is 26.1 Å². The summed E-state index contributed by atoms with van der Waals surface area (Å²) in [7, 11) is 0. The average molecular weight is 349 g/mol. The number of unbranched alkanes of at least 4 members (excludes halogenated alkanes) is 3. The lowest BCUT2D eigenvalue weighted by atomic mass is 10.1. The molecule has 3 aromatic rings. The Labute approximate surface area is 155 Å². The maximum Gasteiger partial charge on any atom is 0.132 e. The van der Waals surface area contributed by atoms with E-state index in [2.05, 4.69) is 39.2 Å². The Balaban J connectivity index is 1.53. The molecule has 136 valence electrons. The Morgan fingerprint density at radius 3 is 2.77 bits per heavy atom. The molecule has 0 amide bonds. The standard InChI is InChI=1S/C22H27N3O/c1-3-19(26)8-6-4-5-7-9-22-23-15-21(25-22)18-12-13-20-17(14-18)11-10-16(2)24-20/h10-15H,3-9H2,1-2H3,(H,23,25). The smallest absolute Gasteiger partial charge is 0.132 e. The third kappa shape index (κ3) is 4.78. The number of carbonyl (C=O) groups is 1. The van der Waals surface area contributed by atoms with Crippen molar-refractivity contribution in [2.24, 2.45) is 0 Å². The van der Waals surface area contributed by atoms with Crippen LogP contribution in [0.5, 0.6) is 0 Å². The van der Waals surface area contributed by atoms with E-state index in [9.17, 15) is 4.79 Å². The second-order valence-electron chi connectivity index (χ2n) is 6.91. The van der Waals surface area contributed by atoms with Crippen molar-refractivity contribution < 1.29 is 4.79 Å². The van der Waals surface area contributed by atoms with Crippen LogP contribution in [0.15, 0.2) is 36.5 Å². The van der Waals surface area contributed by atoms with Crippen LogP contribution < -0.4 is 0 Å². The highest BCUT2D eigenvalue weighted by Crippen LogP contribution is 2.23. The van der Waals surface area contributed by atoms with Gasteiger partial charge in [-0.2, -0.15) is 0 Å². The number of ketones is 1. The van der Waals surface area contributed by atoms with Crippen molar-refractivity contribution in [2.45, 2.75) is 58.8 Å². The second-order valence-corrected chi connectivity index (χ2v) is 6.91. The zero-order chi connectivity index (χ0) is 18.4. The molecule has 0 radical (unpaired) electrons. The van der Waals surface area contributed by atoms with Gasteiger partial charge in [0.05, 0.1) is 17.4 Å². The zero-order valence-electron chi connectivity index (χ0n) is 15.7. The Bertz CT molecular complexity index is 882. The molecule has 0 saturated carbocycles. The summed E-state index contributed by atoms with van der Waals surface area (Å²) >= 11 is 0. The lowest BCUT2D eigenvalue weighted by Gasteiger charge is -2.02. The van der Waals surface area contributed by atoms with Gasteiger partial charge in [0.25, 0.3) is 0 Å². The van der Waals surface area contributed by atoms with Gasteiger partial charge in [-0.15, -0.1) is 0 Å². The molecule has 3 rings (SSSR count). The number of imidazole rings is 1. The highest BCUT2D eigenvalue weighted by Gasteiger charge is 2.05. The first-order chi connectivity index (χ1) is 12.7. The largest absolute Gasteiger partial charge is 0.342 e. The fourth-order valence-corrected chi connectivity index (χ4v) is 3.18. The summed E-state index contributed by atoms with van der Waals surface area (Å²) in [6, 6.07) is 10.5. The highest BCUT2D eigenvalue weighted by atomic mass is 16.1. The Morgan fingerprint density at radius 1 is 1.08 bits per heavy atom. The van der Waals surface area contributed by atoms with E-state index in [4.69, 9.17) is 0 Å². The fourth-order valence-electron chi connectivity index (χ4n) is 3.18. The Hall–Kier alpha value is -2.49. The molecule has 0 saturated heterocycles. The average Bonchev–Trinajstić information content (AvgIpc) is 3.12. The molecule has 2 heterocycles. The van der Waals surface area contributed by atoms with E-state index < -0.39 is 0 Å². The van der Waals surface area contributed by atoms with Crippen molar-refractivity contribution in [1.29, 1.82) is 0 Å². The van der Waals surface area contributed by atoms with Crippen molar-refractivity contribution in [3.05, 3.63) is 48.0 Å². The number of aromatic amines is 1. The predicted octanol–water partition coefficient (Wildman–Crippen LogP) is 5.41. The number of hydrogen-bond donors (Lipinski definition) is 1. The number of nitrogens with one attached hydrogen (secondary N) is 1. The molecule has 1 N–H and O–H groups in total. The minimum atomic E-state index is 0.376. The molecule has 0 fully saturated rings. The molecular formula is C22H27N3O. The van der Waals surface area contributed by atoms with Crippen LogP contribution in [0.2, 0.25) is 0 Å². The number of nitrogens with zero attached hydrogens (tertiary/aromatic N) is 2. The number of carbonyl (C=O) groups excluding carboxylic acids is 1. The summed E-state index contributed by atoms with van der Waals surface area (Å²) < 4.78 is 0. The van der Waals surface area contributed by atoms with Gasteiger partial charge in [0.2, 0.25) is 0 Å². The van der Waals surface area contributed by atoms with Gasteiger partial charge in [-0.25, -0.2) is 4.98 Å². The number of hydrogen-bond acceptors (Lipinski definition) is 3. The second kappa shape index (κ2) is 8.75. The van der Waals surface area contributed by atoms with Gasteiger partial charge in [-0.3, -0.25) is 9.78 Å². The lowest BCUT2D eigenvalue weighted by molar-refractivity contribution is -0.118. The van der Waals surface area contributed by atoms with Gasteiger partial charge in [0, 0.05) is 35.9 Å². The molecule has 0 spiro atoms. The van der Waals surface area contributed by atoms with E-state index in [0.717, 1.165) is 72.2 Å². The van der Waals surface area contributed by atoms with Gasteiger partial charge >= 0.3 is 0 Å². The highest BCUT2D eigenvalue weighted by molar-refractivity contribution is 5.83. The molecule has 0 aliphatic heterocycles. The summed E-state index contributed by atoms with van der Waals surface area (Å²) in [5, 5.41) is 1.14. The van der Waals surface area contributed by atoms with Crippen LogP contribution in [0.4, 0.5) is 0 Å². The molecule has 1 aromatic carbocycles. The molecule has 26 heavy (non-hydrogen) atoms. The Kier molecular flexibility index (Phi) is 6.16. The monoisotopic (exact) mass is 349 g/mol. The number of Topliss-reactive ketones (excluding diaryl/α,β-unsaturated/α-hetero) is 1. The van der Waals surface area contributed by atoms with Gasteiger partial charge < -0.3 is 4.98 Å². The van der Waals surface area contributed by atoms with Crippen molar-refractivity contribution in [2.75, 3.05) is 0 Å². The summed E-state index contributed by atoms with van der Waals surface area (Å²) in [5.74, 6) is 1.41. The molecule has 0 aliphatic carbocycles. The van der Waals surface area contributed by atoms with Crippen molar-refractivity contribution in [3.63, 3.8) is 0 Å².